The molecule has 2 saturated carbocycles. The third-order valence-corrected chi connectivity index (χ3v) is 18.5. The van der Waals surface area contributed by atoms with Gasteiger partial charge in [0.15, 0.2) is 0 Å². The normalized spacial score (nSPS) is 18.2. The van der Waals surface area contributed by atoms with E-state index in [1.165, 1.54) is 4.90 Å². The number of carboxylic acids is 3. The first-order chi connectivity index (χ1) is 45.6. The molecule has 5 rings (SSSR count). The number of likely N-dealkylation sites (tertiary alicyclic amines) is 1. The van der Waals surface area contributed by atoms with Gasteiger partial charge < -0.3 is 73.8 Å². The van der Waals surface area contributed by atoms with Gasteiger partial charge in [0.25, 0.3) is 0 Å². The summed E-state index contributed by atoms with van der Waals surface area (Å²) in [5.74, 6) is -16.4. The zero-order chi connectivity index (χ0) is 70.8. The molecule has 0 spiro atoms. The summed E-state index contributed by atoms with van der Waals surface area (Å²) in [6.45, 7) is 7.80. The van der Waals surface area contributed by atoms with E-state index in [9.17, 15) is 72.9 Å². The topological polar surface area (TPSA) is 437 Å². The van der Waals surface area contributed by atoms with E-state index in [2.05, 4.69) is 60.5 Å². The third kappa shape index (κ3) is 24.2. The number of carboxylic acid groups (broad SMARTS) is 3. The zero-order valence-corrected chi connectivity index (χ0v) is 56.2. The van der Waals surface area contributed by atoms with Crippen LogP contribution >= 0.6 is 12.6 Å². The minimum absolute atomic E-state index is 0.0339. The number of hydrogen-bond acceptors (Lipinski definition) is 15. The fourth-order valence-corrected chi connectivity index (χ4v) is 13.0. The number of aliphatic carboxylic acids is 3. The molecule has 0 radical (unpaired) electrons. The molecule has 14 N–H and O–H groups in total. The number of rotatable bonds is 37. The van der Waals surface area contributed by atoms with Gasteiger partial charge in [-0.05, 0) is 66.9 Å². The highest BCUT2D eigenvalue weighted by Crippen LogP contribution is 2.32. The number of nitrogens with zero attached hydrogens (tertiary/aromatic N) is 1. The number of carbonyl (C=O) groups is 14. The summed E-state index contributed by atoms with van der Waals surface area (Å²) in [7, 11) is 0. The highest BCUT2D eigenvalue weighted by Gasteiger charge is 2.43. The van der Waals surface area contributed by atoms with Crippen molar-refractivity contribution in [2.45, 2.75) is 223 Å². The van der Waals surface area contributed by atoms with Crippen molar-refractivity contribution in [3.63, 3.8) is 0 Å². The van der Waals surface area contributed by atoms with Crippen molar-refractivity contribution in [2.24, 2.45) is 29.4 Å². The number of benzene rings is 2. The van der Waals surface area contributed by atoms with E-state index in [-0.39, 0.29) is 49.8 Å². The van der Waals surface area contributed by atoms with Gasteiger partial charge in [-0.1, -0.05) is 159 Å². The Labute approximate surface area is 564 Å². The molecule has 0 bridgehead atoms. The largest absolute Gasteiger partial charge is 0.481 e. The first kappa shape index (κ1) is 78.1. The Morgan fingerprint density at radius 2 is 0.927 bits per heavy atom. The van der Waals surface area contributed by atoms with Crippen LogP contribution in [-0.2, 0) is 67.1 Å². The molecular weight excluding hydrogens is 1260 g/mol. The van der Waals surface area contributed by atoms with Gasteiger partial charge in [-0.2, -0.15) is 12.6 Å². The average molecular weight is 1360 g/mol. The molecule has 2 aromatic carbocycles. The molecule has 1 aliphatic heterocycles. The molecule has 3 aliphatic rings. The molecule has 528 valence electrons. The second-order valence-corrected chi connectivity index (χ2v) is 26.2. The van der Waals surface area contributed by atoms with Crippen LogP contribution in [0.1, 0.15) is 174 Å². The Hall–Kier alpha value is -8.63. The Morgan fingerprint density at radius 1 is 0.500 bits per heavy atom. The second kappa shape index (κ2) is 38.8. The Bertz CT molecular complexity index is 2980. The van der Waals surface area contributed by atoms with Gasteiger partial charge in [0.1, 0.15) is 60.4 Å². The number of nitrogens with one attached hydrogen (secondary N) is 9. The summed E-state index contributed by atoms with van der Waals surface area (Å²) in [6.07, 6.45) is 6.29. The number of thiol groups is 1. The van der Waals surface area contributed by atoms with Gasteiger partial charge in [0.2, 0.25) is 65.0 Å². The van der Waals surface area contributed by atoms with Gasteiger partial charge in [-0.25, -0.2) is 0 Å². The summed E-state index contributed by atoms with van der Waals surface area (Å²) in [5.41, 5.74) is 6.51. The quantitative estimate of drug-likeness (QED) is 0.0431. The van der Waals surface area contributed by atoms with Crippen molar-refractivity contribution in [3.8, 4) is 0 Å². The molecule has 96 heavy (non-hydrogen) atoms. The summed E-state index contributed by atoms with van der Waals surface area (Å²) in [5, 5.41) is 52.6. The van der Waals surface area contributed by atoms with Gasteiger partial charge >= 0.3 is 17.9 Å². The lowest BCUT2D eigenvalue weighted by Gasteiger charge is -2.34. The van der Waals surface area contributed by atoms with Crippen LogP contribution in [-0.4, -0.2) is 176 Å². The van der Waals surface area contributed by atoms with Crippen molar-refractivity contribution in [1.29, 1.82) is 0 Å². The zero-order valence-electron chi connectivity index (χ0n) is 55.3. The van der Waals surface area contributed by atoms with Crippen molar-refractivity contribution in [2.75, 3.05) is 12.3 Å². The fraction of sp³-hybridized carbons (Fsp3) is 0.612. The smallest absolute Gasteiger partial charge is 0.305 e. The SMILES string of the molecule is CCC(C)C(NC(=O)C(NC(=O)C(CCC(=O)O)NC(=O)C(CC(=O)O)NC(C)=O)C(c1ccccc1)c1ccccc1)C(=O)NC(CC1CCCCC1)C(=O)NC(CS)C(=O)N1CCCC1C(=O)NC(CC1CCCCC1)C(=O)NC(CC(=O)O)C(=O)NC(C(N)=O)C(C)C. The Kier molecular flexibility index (Phi) is 31.6. The van der Waals surface area contributed by atoms with E-state index in [1.807, 2.05) is 0 Å². The van der Waals surface area contributed by atoms with E-state index >= 15 is 9.59 Å². The van der Waals surface area contributed by atoms with E-state index in [4.69, 9.17) is 5.73 Å². The minimum atomic E-state index is -1.72. The monoisotopic (exact) mass is 1360 g/mol. The summed E-state index contributed by atoms with van der Waals surface area (Å²) in [4.78, 5) is 192. The molecule has 28 nitrogen and oxygen atoms in total. The average Bonchev–Trinajstić information content (AvgIpc) is 0.846. The Balaban J connectivity index is 1.44. The number of hydrogen-bond donors (Lipinski definition) is 14. The van der Waals surface area contributed by atoms with Crippen LogP contribution in [0.3, 0.4) is 0 Å². The number of primary amides is 1. The molecule has 1 heterocycles. The Morgan fingerprint density at radius 3 is 1.40 bits per heavy atom. The van der Waals surface area contributed by atoms with Gasteiger partial charge in [0, 0.05) is 31.6 Å². The number of amides is 11. The van der Waals surface area contributed by atoms with E-state index in [0.29, 0.717) is 17.5 Å². The predicted molar refractivity (Wildman–Crippen MR) is 354 cm³/mol. The number of nitrogens with two attached hydrogens (primary N) is 1. The molecule has 3 fully saturated rings. The van der Waals surface area contributed by atoms with Crippen molar-refractivity contribution >= 4 is 95.5 Å². The summed E-state index contributed by atoms with van der Waals surface area (Å²) in [6, 6.07) is 2.63. The van der Waals surface area contributed by atoms with E-state index < -0.39 is 187 Å². The lowest BCUT2D eigenvalue weighted by molar-refractivity contribution is -0.143. The number of carbonyl (C=O) groups excluding carboxylic acids is 11. The highest BCUT2D eigenvalue weighted by atomic mass is 32.1. The van der Waals surface area contributed by atoms with E-state index in [1.54, 1.807) is 88.4 Å². The van der Waals surface area contributed by atoms with Crippen molar-refractivity contribution in [3.05, 3.63) is 71.8 Å². The van der Waals surface area contributed by atoms with Gasteiger partial charge in [0.05, 0.1) is 12.8 Å². The molecule has 11 amide bonds. The maximum atomic E-state index is 15.4. The first-order valence-corrected chi connectivity index (χ1v) is 33.9. The van der Waals surface area contributed by atoms with Gasteiger partial charge in [-0.15, -0.1) is 0 Å². The van der Waals surface area contributed by atoms with Crippen LogP contribution in [0, 0.1) is 23.7 Å². The highest BCUT2D eigenvalue weighted by molar-refractivity contribution is 7.80. The summed E-state index contributed by atoms with van der Waals surface area (Å²) < 4.78 is 0. The molecule has 11 unspecified atom stereocenters. The lowest BCUT2D eigenvalue weighted by atomic mass is 9.83. The third-order valence-electron chi connectivity index (χ3n) is 18.1. The predicted octanol–water partition coefficient (Wildman–Crippen LogP) is 2.06. The van der Waals surface area contributed by atoms with Crippen molar-refractivity contribution < 1.29 is 82.4 Å². The molecular formula is C67H97N11O17S. The molecule has 2 aromatic rings. The maximum absolute atomic E-state index is 15.4. The fourth-order valence-electron chi connectivity index (χ4n) is 12.8. The molecule has 1 saturated heterocycles. The van der Waals surface area contributed by atoms with Crippen LogP contribution < -0.4 is 53.6 Å². The van der Waals surface area contributed by atoms with Crippen LogP contribution in [0.15, 0.2) is 60.7 Å². The minimum Gasteiger partial charge on any atom is -0.481 e. The standard InChI is InChI=1S/C67H97N11O17S/c1-6-38(4)56(76-66(94)57(54(42-24-15-9-16-25-42)43-26-17-10-18-27-43)77-59(87)44(29-30-51(80)81)70-62(90)47(34-52(82)83)69-39(5)79)65(93)73-46(33-41-22-13-8-14-23-41)61(89)74-49(36-96)67(95)78-31-19-28-50(78)64(92)72-45(32-40-20-11-7-12-21-40)60(88)71-48(35-53(84)85)63(91)75-55(37(2)3)58(68)86/h9-10,15-18,24-27,37-38,40-41,44-50,54-57,96H,6-8,11-14,19-23,28-36H2,1-5H3,(H2,68,86)(H,69,79)(H,70,90)(H,71,88)(H,72,92)(H,73,93)(H,74,89)(H,75,91)(H,76,94)(H,77,87)(H,80,81)(H,82,83)(H,84,85). The lowest BCUT2D eigenvalue weighted by Crippen LogP contribution is -2.62. The van der Waals surface area contributed by atoms with Crippen LogP contribution in [0.4, 0.5) is 0 Å². The first-order valence-electron chi connectivity index (χ1n) is 33.3. The molecule has 2 aliphatic carbocycles. The molecule has 11 atom stereocenters. The van der Waals surface area contributed by atoms with Crippen LogP contribution in [0.25, 0.3) is 0 Å². The molecule has 29 heteroatoms. The van der Waals surface area contributed by atoms with Crippen LogP contribution in [0.5, 0.6) is 0 Å². The second-order valence-electron chi connectivity index (χ2n) is 25.8. The van der Waals surface area contributed by atoms with Gasteiger partial charge in [-0.3, -0.25) is 67.1 Å². The summed E-state index contributed by atoms with van der Waals surface area (Å²) >= 11 is 4.48. The van der Waals surface area contributed by atoms with E-state index in [0.717, 1.165) is 71.1 Å². The van der Waals surface area contributed by atoms with Crippen LogP contribution in [0.2, 0.25) is 0 Å². The maximum Gasteiger partial charge on any atom is 0.305 e. The molecule has 0 aromatic heterocycles. The van der Waals surface area contributed by atoms with Crippen molar-refractivity contribution in [1.82, 2.24) is 52.8 Å².